The minimum atomic E-state index is -0.276. The molecule has 0 saturated carbocycles. The molecule has 6 heteroatoms. The molecule has 1 aliphatic heterocycles. The number of nitrogens with zero attached hydrogens (tertiary/aromatic N) is 3. The summed E-state index contributed by atoms with van der Waals surface area (Å²) in [4.78, 5) is 21.5. The molecular formula is C22H22FN3OS. The lowest BCUT2D eigenvalue weighted by atomic mass is 10.1. The molecule has 1 saturated heterocycles. The fraction of sp³-hybridized carbons (Fsp3) is 0.273. The highest BCUT2D eigenvalue weighted by Crippen LogP contribution is 2.22. The van der Waals surface area contributed by atoms with Crippen molar-refractivity contribution >= 4 is 17.2 Å². The van der Waals surface area contributed by atoms with Crippen LogP contribution in [0.5, 0.6) is 0 Å². The largest absolute Gasteiger partial charge is 0.340 e. The molecular weight excluding hydrogens is 373 g/mol. The van der Waals surface area contributed by atoms with Crippen molar-refractivity contribution in [2.45, 2.75) is 13.0 Å². The van der Waals surface area contributed by atoms with E-state index in [1.165, 1.54) is 12.1 Å². The maximum absolute atomic E-state index is 13.0. The van der Waals surface area contributed by atoms with E-state index in [0.29, 0.717) is 6.42 Å². The Morgan fingerprint density at radius 3 is 2.43 bits per heavy atom. The van der Waals surface area contributed by atoms with Crippen LogP contribution in [-0.4, -0.2) is 46.9 Å². The highest BCUT2D eigenvalue weighted by molar-refractivity contribution is 7.09. The SMILES string of the molecule is O=C(Cc1ccc(F)cc1)N1CCN(Cc2nc(-c3ccccc3)cs2)CC1. The molecule has 0 unspecified atom stereocenters. The maximum Gasteiger partial charge on any atom is 0.227 e. The summed E-state index contributed by atoms with van der Waals surface area (Å²) in [6.45, 7) is 3.94. The third-order valence-electron chi connectivity index (χ3n) is 4.97. The van der Waals surface area contributed by atoms with Gasteiger partial charge in [-0.2, -0.15) is 0 Å². The van der Waals surface area contributed by atoms with E-state index in [9.17, 15) is 9.18 Å². The Bertz CT molecular complexity index is 918. The van der Waals surface area contributed by atoms with Gasteiger partial charge in [0.1, 0.15) is 10.8 Å². The first kappa shape index (κ1) is 18.8. The van der Waals surface area contributed by atoms with Crippen molar-refractivity contribution in [3.05, 3.63) is 76.4 Å². The van der Waals surface area contributed by atoms with E-state index >= 15 is 0 Å². The van der Waals surface area contributed by atoms with Crippen LogP contribution in [0.25, 0.3) is 11.3 Å². The predicted molar refractivity (Wildman–Crippen MR) is 110 cm³/mol. The Morgan fingerprint density at radius 1 is 1.00 bits per heavy atom. The van der Waals surface area contributed by atoms with Gasteiger partial charge in [0, 0.05) is 37.1 Å². The Labute approximate surface area is 168 Å². The van der Waals surface area contributed by atoms with Gasteiger partial charge in [-0.1, -0.05) is 42.5 Å². The summed E-state index contributed by atoms with van der Waals surface area (Å²) in [5.41, 5.74) is 3.01. The lowest BCUT2D eigenvalue weighted by molar-refractivity contribution is -0.132. The maximum atomic E-state index is 13.0. The zero-order valence-electron chi connectivity index (χ0n) is 15.6. The minimum absolute atomic E-state index is 0.104. The van der Waals surface area contributed by atoms with E-state index in [1.807, 2.05) is 23.1 Å². The molecule has 0 bridgehead atoms. The molecule has 0 radical (unpaired) electrons. The first-order valence-corrected chi connectivity index (χ1v) is 10.3. The Morgan fingerprint density at radius 2 is 1.71 bits per heavy atom. The molecule has 0 N–H and O–H groups in total. The second-order valence-electron chi connectivity index (χ2n) is 6.95. The highest BCUT2D eigenvalue weighted by Gasteiger charge is 2.22. The molecule has 1 amide bonds. The standard InChI is InChI=1S/C22H22FN3OS/c23-19-8-6-17(7-9-19)14-22(27)26-12-10-25(11-13-26)15-21-24-20(16-28-21)18-4-2-1-3-5-18/h1-9,16H,10-15H2. The van der Waals surface area contributed by atoms with Crippen LogP contribution in [0, 0.1) is 5.82 Å². The number of hydrogen-bond donors (Lipinski definition) is 0. The molecule has 4 nitrogen and oxygen atoms in total. The molecule has 0 aliphatic carbocycles. The molecule has 4 rings (SSSR count). The molecule has 2 heterocycles. The monoisotopic (exact) mass is 395 g/mol. The molecule has 1 aromatic heterocycles. The van der Waals surface area contributed by atoms with Crippen molar-refractivity contribution in [3.8, 4) is 11.3 Å². The third kappa shape index (κ3) is 4.64. The van der Waals surface area contributed by atoms with Crippen molar-refractivity contribution in [2.75, 3.05) is 26.2 Å². The fourth-order valence-corrected chi connectivity index (χ4v) is 4.20. The Kier molecular flexibility index (Phi) is 5.78. The van der Waals surface area contributed by atoms with Gasteiger partial charge < -0.3 is 4.90 Å². The molecule has 3 aromatic rings. The number of aromatic nitrogens is 1. The number of halogens is 1. The van der Waals surface area contributed by atoms with E-state index in [0.717, 1.165) is 54.6 Å². The number of rotatable bonds is 5. The molecule has 0 atom stereocenters. The summed E-state index contributed by atoms with van der Waals surface area (Å²) >= 11 is 1.68. The molecule has 2 aromatic carbocycles. The summed E-state index contributed by atoms with van der Waals surface area (Å²) in [6, 6.07) is 16.4. The normalized spacial score (nSPS) is 15.0. The van der Waals surface area contributed by atoms with Gasteiger partial charge in [0.05, 0.1) is 18.7 Å². The number of carbonyl (C=O) groups is 1. The second kappa shape index (κ2) is 8.63. The fourth-order valence-electron chi connectivity index (χ4n) is 3.36. The lowest BCUT2D eigenvalue weighted by Crippen LogP contribution is -2.48. The van der Waals surface area contributed by atoms with Gasteiger partial charge in [-0.3, -0.25) is 9.69 Å². The summed E-state index contributed by atoms with van der Waals surface area (Å²) < 4.78 is 13.0. The average Bonchev–Trinajstić information content (AvgIpc) is 3.19. The van der Waals surface area contributed by atoms with Gasteiger partial charge in [0.2, 0.25) is 5.91 Å². The Balaban J connectivity index is 1.28. The number of hydrogen-bond acceptors (Lipinski definition) is 4. The number of amides is 1. The van der Waals surface area contributed by atoms with Crippen LogP contribution in [0.1, 0.15) is 10.6 Å². The average molecular weight is 396 g/mol. The van der Waals surface area contributed by atoms with Crippen LogP contribution < -0.4 is 0 Å². The summed E-state index contributed by atoms with van der Waals surface area (Å²) in [5, 5.41) is 3.21. The molecule has 144 valence electrons. The third-order valence-corrected chi connectivity index (χ3v) is 5.81. The van der Waals surface area contributed by atoms with E-state index in [1.54, 1.807) is 23.5 Å². The van der Waals surface area contributed by atoms with E-state index in [-0.39, 0.29) is 11.7 Å². The van der Waals surface area contributed by atoms with Crippen LogP contribution in [0.3, 0.4) is 0 Å². The quantitative estimate of drug-likeness (QED) is 0.659. The van der Waals surface area contributed by atoms with Crippen LogP contribution >= 0.6 is 11.3 Å². The number of benzene rings is 2. The van der Waals surface area contributed by atoms with Gasteiger partial charge in [-0.05, 0) is 17.7 Å². The highest BCUT2D eigenvalue weighted by atomic mass is 32.1. The Hall–Kier alpha value is -2.57. The topological polar surface area (TPSA) is 36.4 Å². The molecule has 1 fully saturated rings. The smallest absolute Gasteiger partial charge is 0.227 e. The van der Waals surface area contributed by atoms with Gasteiger partial charge in [-0.15, -0.1) is 11.3 Å². The zero-order valence-corrected chi connectivity index (χ0v) is 16.4. The van der Waals surface area contributed by atoms with Gasteiger partial charge in [0.25, 0.3) is 0 Å². The minimum Gasteiger partial charge on any atom is -0.340 e. The van der Waals surface area contributed by atoms with E-state index < -0.39 is 0 Å². The lowest BCUT2D eigenvalue weighted by Gasteiger charge is -2.34. The van der Waals surface area contributed by atoms with Gasteiger partial charge in [0.15, 0.2) is 0 Å². The van der Waals surface area contributed by atoms with Crippen molar-refractivity contribution in [3.63, 3.8) is 0 Å². The van der Waals surface area contributed by atoms with Crippen LogP contribution in [0.15, 0.2) is 60.0 Å². The van der Waals surface area contributed by atoms with Crippen molar-refractivity contribution in [1.82, 2.24) is 14.8 Å². The van der Waals surface area contributed by atoms with Crippen molar-refractivity contribution < 1.29 is 9.18 Å². The van der Waals surface area contributed by atoms with Crippen LogP contribution in [-0.2, 0) is 17.8 Å². The number of piperazine rings is 1. The first-order valence-electron chi connectivity index (χ1n) is 9.42. The van der Waals surface area contributed by atoms with Crippen molar-refractivity contribution in [2.24, 2.45) is 0 Å². The molecule has 1 aliphatic rings. The van der Waals surface area contributed by atoms with E-state index in [2.05, 4.69) is 22.4 Å². The van der Waals surface area contributed by atoms with E-state index in [4.69, 9.17) is 4.98 Å². The van der Waals surface area contributed by atoms with Gasteiger partial charge >= 0.3 is 0 Å². The van der Waals surface area contributed by atoms with Gasteiger partial charge in [-0.25, -0.2) is 9.37 Å². The second-order valence-corrected chi connectivity index (χ2v) is 7.90. The summed E-state index contributed by atoms with van der Waals surface area (Å²) in [5.74, 6) is -0.172. The number of thiazole rings is 1. The predicted octanol–water partition coefficient (Wildman–Crippen LogP) is 3.84. The number of carbonyl (C=O) groups excluding carboxylic acids is 1. The zero-order chi connectivity index (χ0) is 19.3. The molecule has 28 heavy (non-hydrogen) atoms. The van der Waals surface area contributed by atoms with Crippen LogP contribution in [0.4, 0.5) is 4.39 Å². The first-order chi connectivity index (χ1) is 13.7. The molecule has 0 spiro atoms. The summed E-state index contributed by atoms with van der Waals surface area (Å²) in [6.07, 6.45) is 0.327. The van der Waals surface area contributed by atoms with Crippen LogP contribution in [0.2, 0.25) is 0 Å². The summed E-state index contributed by atoms with van der Waals surface area (Å²) in [7, 11) is 0. The van der Waals surface area contributed by atoms with Crippen molar-refractivity contribution in [1.29, 1.82) is 0 Å².